The van der Waals surface area contributed by atoms with Gasteiger partial charge >= 0.3 is 5.97 Å². The van der Waals surface area contributed by atoms with Crippen molar-refractivity contribution in [3.63, 3.8) is 0 Å². The molecule has 72 valence electrons. The molecule has 0 fully saturated rings. The minimum Gasteiger partial charge on any atom is -0.479 e. The third-order valence-electron chi connectivity index (χ3n) is 1.44. The Balaban J connectivity index is 4.23. The van der Waals surface area contributed by atoms with E-state index in [1.807, 2.05) is 0 Å². The molecule has 0 aliphatic carbocycles. The summed E-state index contributed by atoms with van der Waals surface area (Å²) in [5.41, 5.74) is -2.37. The van der Waals surface area contributed by atoms with Gasteiger partial charge < -0.3 is 25.5 Å². The van der Waals surface area contributed by atoms with Crippen LogP contribution in [0.1, 0.15) is 6.42 Å². The topological polar surface area (TPSA) is 118 Å². The summed E-state index contributed by atoms with van der Waals surface area (Å²) >= 11 is 0. The molecule has 0 radical (unpaired) electrons. The average molecular weight is 180 g/mol. The molecular formula is C6H12O6. The minimum atomic E-state index is -2.37. The van der Waals surface area contributed by atoms with Crippen LogP contribution in [-0.4, -0.2) is 56.4 Å². The van der Waals surface area contributed by atoms with Crippen LogP contribution in [0.4, 0.5) is 0 Å². The summed E-state index contributed by atoms with van der Waals surface area (Å²) in [6.45, 7) is -1.66. The zero-order valence-corrected chi connectivity index (χ0v) is 6.34. The van der Waals surface area contributed by atoms with Crippen molar-refractivity contribution in [1.29, 1.82) is 0 Å². The van der Waals surface area contributed by atoms with Crippen molar-refractivity contribution < 1.29 is 30.3 Å². The molecule has 2 atom stereocenters. The first-order valence-electron chi connectivity index (χ1n) is 3.32. The summed E-state index contributed by atoms with van der Waals surface area (Å²) in [6, 6.07) is 0. The molecule has 0 aromatic rings. The van der Waals surface area contributed by atoms with Crippen molar-refractivity contribution >= 4 is 5.97 Å². The maximum atomic E-state index is 10.3. The molecule has 0 saturated carbocycles. The van der Waals surface area contributed by atoms with Gasteiger partial charge in [-0.1, -0.05) is 0 Å². The number of carboxylic acid groups (broad SMARTS) is 1. The largest absolute Gasteiger partial charge is 0.479 e. The van der Waals surface area contributed by atoms with E-state index in [9.17, 15) is 4.79 Å². The molecular weight excluding hydrogens is 168 g/mol. The first-order chi connectivity index (χ1) is 5.46. The van der Waals surface area contributed by atoms with Crippen molar-refractivity contribution in [1.82, 2.24) is 0 Å². The van der Waals surface area contributed by atoms with Crippen LogP contribution in [-0.2, 0) is 4.79 Å². The highest BCUT2D eigenvalue weighted by Gasteiger charge is 2.37. The van der Waals surface area contributed by atoms with Gasteiger partial charge in [0.05, 0.1) is 19.3 Å². The Bertz CT molecular complexity index is 158. The standard InChI is InChI=1S/C6H12O6/c7-2-4(9)1-6(12,3-8)5(10)11/h4,7-9,12H,1-3H2,(H,10,11)/t4-,6-/m1/s1. The number of hydrogen-bond donors (Lipinski definition) is 5. The van der Waals surface area contributed by atoms with Gasteiger partial charge in [-0.05, 0) is 0 Å². The molecule has 0 rings (SSSR count). The molecule has 0 unspecified atom stereocenters. The van der Waals surface area contributed by atoms with Gasteiger partial charge in [-0.3, -0.25) is 0 Å². The molecule has 0 aromatic carbocycles. The zero-order valence-electron chi connectivity index (χ0n) is 6.34. The van der Waals surface area contributed by atoms with Crippen molar-refractivity contribution in [3.05, 3.63) is 0 Å². The molecule has 5 N–H and O–H groups in total. The van der Waals surface area contributed by atoms with E-state index in [0.717, 1.165) is 0 Å². The molecule has 0 bridgehead atoms. The monoisotopic (exact) mass is 180 g/mol. The Labute approximate surface area is 68.7 Å². The number of aliphatic carboxylic acids is 1. The fraction of sp³-hybridized carbons (Fsp3) is 0.833. The van der Waals surface area contributed by atoms with Crippen LogP contribution in [0.2, 0.25) is 0 Å². The number of rotatable bonds is 5. The van der Waals surface area contributed by atoms with Crippen LogP contribution < -0.4 is 0 Å². The molecule has 0 saturated heterocycles. The Kier molecular flexibility index (Phi) is 4.11. The van der Waals surface area contributed by atoms with E-state index in [1.165, 1.54) is 0 Å². The number of carbonyl (C=O) groups is 1. The number of carboxylic acids is 1. The van der Waals surface area contributed by atoms with Crippen molar-refractivity contribution in [2.45, 2.75) is 18.1 Å². The van der Waals surface area contributed by atoms with Gasteiger partial charge in [0.1, 0.15) is 0 Å². The SMILES string of the molecule is O=C(O)[C@](O)(CO)C[C@@H](O)CO. The molecule has 0 aliphatic heterocycles. The minimum absolute atomic E-state index is 0.602. The molecule has 0 spiro atoms. The lowest BCUT2D eigenvalue weighted by atomic mass is 9.98. The van der Waals surface area contributed by atoms with E-state index in [2.05, 4.69) is 0 Å². The predicted octanol–water partition coefficient (Wildman–Crippen LogP) is -2.46. The summed E-state index contributed by atoms with van der Waals surface area (Å²) in [7, 11) is 0. The first-order valence-corrected chi connectivity index (χ1v) is 3.32. The summed E-state index contributed by atoms with van der Waals surface area (Å²) in [5.74, 6) is -1.63. The fourth-order valence-corrected chi connectivity index (χ4v) is 0.674. The third-order valence-corrected chi connectivity index (χ3v) is 1.44. The second kappa shape index (κ2) is 4.36. The van der Waals surface area contributed by atoms with Crippen molar-refractivity contribution in [2.75, 3.05) is 13.2 Å². The van der Waals surface area contributed by atoms with E-state index in [0.29, 0.717) is 0 Å². The highest BCUT2D eigenvalue weighted by molar-refractivity contribution is 5.77. The molecule has 0 heterocycles. The lowest BCUT2D eigenvalue weighted by Gasteiger charge is -2.22. The van der Waals surface area contributed by atoms with Crippen molar-refractivity contribution in [2.24, 2.45) is 0 Å². The highest BCUT2D eigenvalue weighted by atomic mass is 16.4. The second-order valence-electron chi connectivity index (χ2n) is 2.54. The number of aliphatic hydroxyl groups excluding tert-OH is 3. The van der Waals surface area contributed by atoms with Crippen LogP contribution in [0, 0.1) is 0 Å². The summed E-state index contributed by atoms with van der Waals surface area (Å²) in [4.78, 5) is 10.3. The van der Waals surface area contributed by atoms with Crippen LogP contribution in [0.15, 0.2) is 0 Å². The van der Waals surface area contributed by atoms with Crippen molar-refractivity contribution in [3.8, 4) is 0 Å². The molecule has 0 aromatic heterocycles. The average Bonchev–Trinajstić information content (AvgIpc) is 2.03. The third kappa shape index (κ3) is 2.74. The first kappa shape index (κ1) is 11.3. The van der Waals surface area contributed by atoms with Gasteiger partial charge in [-0.15, -0.1) is 0 Å². The quantitative estimate of drug-likeness (QED) is 0.320. The maximum absolute atomic E-state index is 10.3. The van der Waals surface area contributed by atoms with Crippen LogP contribution >= 0.6 is 0 Å². The molecule has 6 heteroatoms. The van der Waals surface area contributed by atoms with Crippen LogP contribution in [0.3, 0.4) is 0 Å². The van der Waals surface area contributed by atoms with Gasteiger partial charge in [0.2, 0.25) is 0 Å². The molecule has 12 heavy (non-hydrogen) atoms. The van der Waals surface area contributed by atoms with E-state index in [4.69, 9.17) is 25.5 Å². The molecule has 0 aliphatic rings. The van der Waals surface area contributed by atoms with Gasteiger partial charge in [-0.25, -0.2) is 4.79 Å². The summed E-state index contributed by atoms with van der Waals surface area (Å²) in [6.07, 6.45) is -1.95. The predicted molar refractivity (Wildman–Crippen MR) is 37.4 cm³/mol. The van der Waals surface area contributed by atoms with Crippen LogP contribution in [0.5, 0.6) is 0 Å². The van der Waals surface area contributed by atoms with Gasteiger partial charge in [-0.2, -0.15) is 0 Å². The van der Waals surface area contributed by atoms with Gasteiger partial charge in [0.15, 0.2) is 5.60 Å². The number of aliphatic hydroxyl groups is 4. The lowest BCUT2D eigenvalue weighted by molar-refractivity contribution is -0.167. The van der Waals surface area contributed by atoms with Crippen LogP contribution in [0.25, 0.3) is 0 Å². The zero-order chi connectivity index (χ0) is 9.78. The summed E-state index contributed by atoms with van der Waals surface area (Å²) < 4.78 is 0. The Morgan fingerprint density at radius 2 is 1.92 bits per heavy atom. The molecule has 6 nitrogen and oxygen atoms in total. The highest BCUT2D eigenvalue weighted by Crippen LogP contribution is 2.12. The smallest absolute Gasteiger partial charge is 0.338 e. The lowest BCUT2D eigenvalue weighted by Crippen LogP contribution is -2.45. The maximum Gasteiger partial charge on any atom is 0.338 e. The molecule has 0 amide bonds. The fourth-order valence-electron chi connectivity index (χ4n) is 0.674. The van der Waals surface area contributed by atoms with Gasteiger partial charge in [0.25, 0.3) is 0 Å². The summed E-state index contributed by atoms with van der Waals surface area (Å²) in [5, 5.41) is 43.1. The Morgan fingerprint density at radius 3 is 2.17 bits per heavy atom. The van der Waals surface area contributed by atoms with E-state index < -0.39 is 37.3 Å². The Morgan fingerprint density at radius 1 is 1.42 bits per heavy atom. The van der Waals surface area contributed by atoms with Gasteiger partial charge in [0, 0.05) is 6.42 Å². The second-order valence-corrected chi connectivity index (χ2v) is 2.54. The van der Waals surface area contributed by atoms with E-state index in [-0.39, 0.29) is 0 Å². The Hall–Kier alpha value is -0.690. The van der Waals surface area contributed by atoms with E-state index in [1.54, 1.807) is 0 Å². The number of hydrogen-bond acceptors (Lipinski definition) is 5. The van der Waals surface area contributed by atoms with E-state index >= 15 is 0 Å². The normalized spacial score (nSPS) is 18.3.